The summed E-state index contributed by atoms with van der Waals surface area (Å²) in [6.45, 7) is 0.464. The SMILES string of the molecule is Nc1ccccc1-c1cnn(C2CCOC2=O)c1. The lowest BCUT2D eigenvalue weighted by Gasteiger charge is -2.05. The summed E-state index contributed by atoms with van der Waals surface area (Å²) in [7, 11) is 0. The summed E-state index contributed by atoms with van der Waals surface area (Å²) in [6, 6.07) is 7.29. The molecule has 1 saturated heterocycles. The maximum Gasteiger partial charge on any atom is 0.331 e. The van der Waals surface area contributed by atoms with Gasteiger partial charge in [-0.2, -0.15) is 5.10 Å². The molecular weight excluding hydrogens is 230 g/mol. The number of ether oxygens (including phenoxy) is 1. The van der Waals surface area contributed by atoms with E-state index in [0.29, 0.717) is 18.7 Å². The largest absolute Gasteiger partial charge is 0.464 e. The van der Waals surface area contributed by atoms with Crippen LogP contribution in [-0.2, 0) is 9.53 Å². The van der Waals surface area contributed by atoms with Crippen molar-refractivity contribution in [3.05, 3.63) is 36.7 Å². The van der Waals surface area contributed by atoms with E-state index in [0.717, 1.165) is 11.1 Å². The van der Waals surface area contributed by atoms with Crippen LogP contribution in [-0.4, -0.2) is 22.4 Å². The van der Waals surface area contributed by atoms with E-state index in [1.54, 1.807) is 10.9 Å². The normalized spacial score (nSPS) is 18.9. The van der Waals surface area contributed by atoms with E-state index in [4.69, 9.17) is 10.5 Å². The monoisotopic (exact) mass is 243 g/mol. The molecule has 0 radical (unpaired) electrons. The summed E-state index contributed by atoms with van der Waals surface area (Å²) in [4.78, 5) is 11.5. The predicted octanol–water partition coefficient (Wildman–Crippen LogP) is 1.62. The van der Waals surface area contributed by atoms with Gasteiger partial charge in [-0.3, -0.25) is 4.68 Å². The second-order valence-corrected chi connectivity index (χ2v) is 4.27. The van der Waals surface area contributed by atoms with Crippen molar-refractivity contribution >= 4 is 11.7 Å². The van der Waals surface area contributed by atoms with Crippen LogP contribution in [0, 0.1) is 0 Å². The fourth-order valence-electron chi connectivity index (χ4n) is 2.13. The van der Waals surface area contributed by atoms with Crippen molar-refractivity contribution in [3.8, 4) is 11.1 Å². The van der Waals surface area contributed by atoms with Gasteiger partial charge in [-0.25, -0.2) is 4.79 Å². The molecule has 1 aliphatic heterocycles. The van der Waals surface area contributed by atoms with Crippen LogP contribution >= 0.6 is 0 Å². The number of esters is 1. The zero-order valence-corrected chi connectivity index (χ0v) is 9.74. The van der Waals surface area contributed by atoms with Gasteiger partial charge in [0.2, 0.25) is 0 Å². The Morgan fingerprint density at radius 3 is 2.94 bits per heavy atom. The van der Waals surface area contributed by atoms with Crippen molar-refractivity contribution in [2.75, 3.05) is 12.3 Å². The number of hydrogen-bond donors (Lipinski definition) is 1. The van der Waals surface area contributed by atoms with Gasteiger partial charge in [0.25, 0.3) is 0 Å². The molecule has 5 heteroatoms. The summed E-state index contributed by atoms with van der Waals surface area (Å²) in [6.07, 6.45) is 4.23. The van der Waals surface area contributed by atoms with Crippen LogP contribution in [0.2, 0.25) is 0 Å². The predicted molar refractivity (Wildman–Crippen MR) is 66.7 cm³/mol. The van der Waals surface area contributed by atoms with Gasteiger partial charge >= 0.3 is 5.97 Å². The molecule has 5 nitrogen and oxygen atoms in total. The van der Waals surface area contributed by atoms with Gasteiger partial charge in [0, 0.05) is 29.4 Å². The molecule has 1 aromatic heterocycles. The highest BCUT2D eigenvalue weighted by atomic mass is 16.5. The lowest BCUT2D eigenvalue weighted by Crippen LogP contribution is -2.14. The first-order chi connectivity index (χ1) is 8.75. The molecule has 92 valence electrons. The molecule has 0 amide bonds. The van der Waals surface area contributed by atoms with Crippen molar-refractivity contribution in [1.82, 2.24) is 9.78 Å². The third kappa shape index (κ3) is 1.73. The number of nitrogen functional groups attached to an aromatic ring is 1. The van der Waals surface area contributed by atoms with E-state index >= 15 is 0 Å². The van der Waals surface area contributed by atoms with Gasteiger partial charge in [0.15, 0.2) is 6.04 Å². The molecule has 0 bridgehead atoms. The Morgan fingerprint density at radius 1 is 1.39 bits per heavy atom. The minimum Gasteiger partial charge on any atom is -0.464 e. The van der Waals surface area contributed by atoms with Gasteiger partial charge < -0.3 is 10.5 Å². The van der Waals surface area contributed by atoms with E-state index in [9.17, 15) is 4.79 Å². The molecule has 1 aliphatic rings. The van der Waals surface area contributed by atoms with Crippen molar-refractivity contribution in [2.24, 2.45) is 0 Å². The minimum atomic E-state index is -0.302. The molecule has 2 N–H and O–H groups in total. The van der Waals surface area contributed by atoms with Crippen LogP contribution in [0.5, 0.6) is 0 Å². The van der Waals surface area contributed by atoms with Crippen LogP contribution in [0.15, 0.2) is 36.7 Å². The molecule has 3 rings (SSSR count). The number of carbonyl (C=O) groups is 1. The zero-order chi connectivity index (χ0) is 12.5. The number of rotatable bonds is 2. The second kappa shape index (κ2) is 4.18. The summed E-state index contributed by atoms with van der Waals surface area (Å²) in [5.74, 6) is -0.217. The molecule has 2 heterocycles. The number of nitrogens with two attached hydrogens (primary N) is 1. The highest BCUT2D eigenvalue weighted by molar-refractivity contribution is 5.77. The van der Waals surface area contributed by atoms with Crippen molar-refractivity contribution < 1.29 is 9.53 Å². The standard InChI is InChI=1S/C13H13N3O2/c14-11-4-2-1-3-10(11)9-7-15-16(8-9)12-5-6-18-13(12)17/h1-4,7-8,12H,5-6,14H2. The average molecular weight is 243 g/mol. The van der Waals surface area contributed by atoms with E-state index in [-0.39, 0.29) is 12.0 Å². The molecule has 0 spiro atoms. The van der Waals surface area contributed by atoms with Gasteiger partial charge in [-0.05, 0) is 6.07 Å². The fraction of sp³-hybridized carbons (Fsp3) is 0.231. The van der Waals surface area contributed by atoms with Crippen molar-refractivity contribution in [1.29, 1.82) is 0 Å². The molecule has 18 heavy (non-hydrogen) atoms. The summed E-state index contributed by atoms with van der Waals surface area (Å²) in [5.41, 5.74) is 8.45. The Kier molecular flexibility index (Phi) is 2.51. The highest BCUT2D eigenvalue weighted by Gasteiger charge is 2.28. The Hall–Kier alpha value is -2.30. The number of nitrogens with zero attached hydrogens (tertiary/aromatic N) is 2. The molecule has 0 aliphatic carbocycles. The van der Waals surface area contributed by atoms with Gasteiger partial charge in [0.05, 0.1) is 12.8 Å². The van der Waals surface area contributed by atoms with Crippen LogP contribution in [0.4, 0.5) is 5.69 Å². The maximum absolute atomic E-state index is 11.5. The van der Waals surface area contributed by atoms with Crippen molar-refractivity contribution in [2.45, 2.75) is 12.5 Å². The number of aromatic nitrogens is 2. The Bertz CT molecular complexity index is 591. The van der Waals surface area contributed by atoms with E-state index in [1.807, 2.05) is 30.5 Å². The zero-order valence-electron chi connectivity index (χ0n) is 9.74. The molecule has 1 aromatic carbocycles. The first-order valence-electron chi connectivity index (χ1n) is 5.81. The highest BCUT2D eigenvalue weighted by Crippen LogP contribution is 2.27. The van der Waals surface area contributed by atoms with Crippen molar-refractivity contribution in [3.63, 3.8) is 0 Å². The lowest BCUT2D eigenvalue weighted by molar-refractivity contribution is -0.140. The second-order valence-electron chi connectivity index (χ2n) is 4.27. The third-order valence-electron chi connectivity index (χ3n) is 3.10. The van der Waals surface area contributed by atoms with Gasteiger partial charge in [-0.15, -0.1) is 0 Å². The van der Waals surface area contributed by atoms with E-state index in [1.165, 1.54) is 0 Å². The first-order valence-corrected chi connectivity index (χ1v) is 5.81. The number of cyclic esters (lactones) is 1. The fourth-order valence-corrected chi connectivity index (χ4v) is 2.13. The Labute approximate surface area is 104 Å². The Morgan fingerprint density at radius 2 is 2.22 bits per heavy atom. The maximum atomic E-state index is 11.5. The number of para-hydroxylation sites is 1. The molecular formula is C13H13N3O2. The van der Waals surface area contributed by atoms with Crippen LogP contribution in [0.3, 0.4) is 0 Å². The quantitative estimate of drug-likeness (QED) is 0.642. The van der Waals surface area contributed by atoms with E-state index < -0.39 is 0 Å². The molecule has 1 fully saturated rings. The minimum absolute atomic E-state index is 0.217. The summed E-state index contributed by atoms with van der Waals surface area (Å²) >= 11 is 0. The smallest absolute Gasteiger partial charge is 0.331 e. The number of hydrogen-bond acceptors (Lipinski definition) is 4. The van der Waals surface area contributed by atoms with Gasteiger partial charge in [-0.1, -0.05) is 18.2 Å². The van der Waals surface area contributed by atoms with E-state index in [2.05, 4.69) is 5.10 Å². The average Bonchev–Trinajstić information content (AvgIpc) is 2.98. The third-order valence-corrected chi connectivity index (χ3v) is 3.10. The van der Waals surface area contributed by atoms with Crippen LogP contribution in [0.25, 0.3) is 11.1 Å². The summed E-state index contributed by atoms with van der Waals surface area (Å²) in [5, 5.41) is 4.23. The number of benzene rings is 1. The number of carbonyl (C=O) groups excluding carboxylic acids is 1. The van der Waals surface area contributed by atoms with Gasteiger partial charge in [0.1, 0.15) is 0 Å². The molecule has 1 atom stereocenters. The Balaban J connectivity index is 1.95. The number of anilines is 1. The first kappa shape index (κ1) is 10.8. The van der Waals surface area contributed by atoms with Crippen LogP contribution in [0.1, 0.15) is 12.5 Å². The lowest BCUT2D eigenvalue weighted by atomic mass is 10.1. The molecule has 1 unspecified atom stereocenters. The topological polar surface area (TPSA) is 70.1 Å². The van der Waals surface area contributed by atoms with Crippen LogP contribution < -0.4 is 5.73 Å². The summed E-state index contributed by atoms with van der Waals surface area (Å²) < 4.78 is 6.58. The molecule has 0 saturated carbocycles. The molecule has 2 aromatic rings.